The molecule has 27 heavy (non-hydrogen) atoms. The first-order valence-electron chi connectivity index (χ1n) is 9.34. The fourth-order valence-electron chi connectivity index (χ4n) is 3.71. The maximum absolute atomic E-state index is 13.2. The van der Waals surface area contributed by atoms with Crippen molar-refractivity contribution in [1.82, 2.24) is 14.7 Å². The fourth-order valence-corrected chi connectivity index (χ4v) is 3.71. The number of rotatable bonds is 5. The molecular weight excluding hydrogens is 342 g/mol. The van der Waals surface area contributed by atoms with Crippen molar-refractivity contribution in [3.8, 4) is 0 Å². The number of imide groups is 1. The number of hydrogen-bond acceptors (Lipinski definition) is 5. The van der Waals surface area contributed by atoms with Gasteiger partial charge in [-0.3, -0.25) is 14.5 Å². The Labute approximate surface area is 158 Å². The van der Waals surface area contributed by atoms with Crippen LogP contribution in [0.4, 0.5) is 0 Å². The zero-order valence-corrected chi connectivity index (χ0v) is 15.4. The molecule has 0 atom stereocenters. The lowest BCUT2D eigenvalue weighted by molar-refractivity contribution is -0.138. The Morgan fingerprint density at radius 3 is 2.30 bits per heavy atom. The second kappa shape index (κ2) is 7.40. The van der Waals surface area contributed by atoms with Crippen LogP contribution in [0.5, 0.6) is 0 Å². The molecular formula is C21H23N3O3. The molecule has 3 heterocycles. The molecule has 140 valence electrons. The maximum Gasteiger partial charge on any atom is 0.278 e. The predicted molar refractivity (Wildman–Crippen MR) is 101 cm³/mol. The summed E-state index contributed by atoms with van der Waals surface area (Å²) in [5, 5.41) is 0. The van der Waals surface area contributed by atoms with Crippen LogP contribution in [-0.4, -0.2) is 59.2 Å². The lowest BCUT2D eigenvalue weighted by atomic mass is 10.0. The van der Waals surface area contributed by atoms with Crippen molar-refractivity contribution in [1.29, 1.82) is 0 Å². The first-order valence-corrected chi connectivity index (χ1v) is 9.34. The molecule has 6 nitrogen and oxygen atoms in total. The quantitative estimate of drug-likeness (QED) is 0.761. The Bertz CT molecular complexity index is 850. The van der Waals surface area contributed by atoms with E-state index < -0.39 is 0 Å². The summed E-state index contributed by atoms with van der Waals surface area (Å²) in [7, 11) is 0. The molecule has 0 N–H and O–H groups in total. The van der Waals surface area contributed by atoms with Gasteiger partial charge in [-0.05, 0) is 24.2 Å². The van der Waals surface area contributed by atoms with Gasteiger partial charge >= 0.3 is 0 Å². The number of piperazine rings is 1. The van der Waals surface area contributed by atoms with Crippen molar-refractivity contribution in [3.05, 3.63) is 65.7 Å². The Hall–Kier alpha value is -2.86. The highest BCUT2D eigenvalue weighted by Crippen LogP contribution is 2.33. The van der Waals surface area contributed by atoms with Crippen LogP contribution in [0, 0.1) is 0 Å². The number of amides is 2. The molecule has 4 rings (SSSR count). The van der Waals surface area contributed by atoms with E-state index in [-0.39, 0.29) is 18.4 Å². The molecule has 2 amide bonds. The van der Waals surface area contributed by atoms with Crippen molar-refractivity contribution in [2.75, 3.05) is 32.7 Å². The summed E-state index contributed by atoms with van der Waals surface area (Å²) in [6, 6.07) is 13.0. The second-order valence-electron chi connectivity index (χ2n) is 6.79. The molecule has 1 saturated heterocycles. The standard InChI is InChI=1S/C21H23N3O3/c1-2-22-10-12-23(13-11-22)19-18(16-7-4-3-5-8-16)20(25)24(21(19)26)15-17-9-6-14-27-17/h3-9,14H,2,10-13,15H2,1H3. The summed E-state index contributed by atoms with van der Waals surface area (Å²) in [6.45, 7) is 6.55. The monoisotopic (exact) mass is 365 g/mol. The van der Waals surface area contributed by atoms with Crippen LogP contribution in [-0.2, 0) is 16.1 Å². The minimum atomic E-state index is -0.254. The molecule has 2 aromatic rings. The second-order valence-corrected chi connectivity index (χ2v) is 6.79. The average molecular weight is 365 g/mol. The van der Waals surface area contributed by atoms with Gasteiger partial charge < -0.3 is 14.2 Å². The highest BCUT2D eigenvalue weighted by molar-refractivity contribution is 6.35. The predicted octanol–water partition coefficient (Wildman–Crippen LogP) is 2.20. The van der Waals surface area contributed by atoms with Crippen molar-refractivity contribution in [2.24, 2.45) is 0 Å². The smallest absolute Gasteiger partial charge is 0.278 e. The Morgan fingerprint density at radius 1 is 0.926 bits per heavy atom. The fraction of sp³-hybridized carbons (Fsp3) is 0.333. The largest absolute Gasteiger partial charge is 0.467 e. The molecule has 0 spiro atoms. The van der Waals surface area contributed by atoms with Crippen molar-refractivity contribution in [3.63, 3.8) is 0 Å². The van der Waals surface area contributed by atoms with Crippen LogP contribution in [0.25, 0.3) is 5.57 Å². The Balaban J connectivity index is 1.69. The molecule has 1 aromatic carbocycles. The molecule has 1 aromatic heterocycles. The number of likely N-dealkylation sites (N-methyl/N-ethyl adjacent to an activating group) is 1. The van der Waals surface area contributed by atoms with Gasteiger partial charge in [0.15, 0.2) is 0 Å². The van der Waals surface area contributed by atoms with Crippen LogP contribution >= 0.6 is 0 Å². The Morgan fingerprint density at radius 2 is 1.67 bits per heavy atom. The first-order chi connectivity index (χ1) is 13.2. The van der Waals surface area contributed by atoms with Gasteiger partial charge in [-0.2, -0.15) is 0 Å². The lowest BCUT2D eigenvalue weighted by Crippen LogP contribution is -2.47. The van der Waals surface area contributed by atoms with E-state index in [4.69, 9.17) is 4.42 Å². The van der Waals surface area contributed by atoms with Crippen LogP contribution < -0.4 is 0 Å². The van der Waals surface area contributed by atoms with Gasteiger partial charge in [0.05, 0.1) is 18.4 Å². The summed E-state index contributed by atoms with van der Waals surface area (Å²) in [5.74, 6) is 0.108. The highest BCUT2D eigenvalue weighted by atomic mass is 16.3. The molecule has 0 radical (unpaired) electrons. The molecule has 0 aliphatic carbocycles. The lowest BCUT2D eigenvalue weighted by Gasteiger charge is -2.35. The summed E-state index contributed by atoms with van der Waals surface area (Å²) in [5.41, 5.74) is 1.80. The third-order valence-corrected chi connectivity index (χ3v) is 5.24. The summed E-state index contributed by atoms with van der Waals surface area (Å²) >= 11 is 0. The van der Waals surface area contributed by atoms with E-state index in [1.807, 2.05) is 30.3 Å². The number of benzene rings is 1. The third kappa shape index (κ3) is 3.28. The van der Waals surface area contributed by atoms with Gasteiger partial charge in [-0.15, -0.1) is 0 Å². The van der Waals surface area contributed by atoms with Gasteiger partial charge in [0.1, 0.15) is 11.5 Å². The average Bonchev–Trinajstić information content (AvgIpc) is 3.31. The van der Waals surface area contributed by atoms with Crippen molar-refractivity contribution in [2.45, 2.75) is 13.5 Å². The third-order valence-electron chi connectivity index (χ3n) is 5.24. The highest BCUT2D eigenvalue weighted by Gasteiger charge is 2.42. The van der Waals surface area contributed by atoms with E-state index in [1.54, 1.807) is 18.4 Å². The first kappa shape index (κ1) is 17.5. The molecule has 0 bridgehead atoms. The van der Waals surface area contributed by atoms with E-state index in [9.17, 15) is 9.59 Å². The topological polar surface area (TPSA) is 57.0 Å². The zero-order valence-electron chi connectivity index (χ0n) is 15.4. The molecule has 2 aliphatic heterocycles. The van der Waals surface area contributed by atoms with Gasteiger partial charge in [0, 0.05) is 26.2 Å². The maximum atomic E-state index is 13.2. The van der Waals surface area contributed by atoms with Crippen LogP contribution in [0.3, 0.4) is 0 Å². The molecule has 0 unspecified atom stereocenters. The van der Waals surface area contributed by atoms with Crippen molar-refractivity contribution >= 4 is 17.4 Å². The van der Waals surface area contributed by atoms with E-state index in [0.29, 0.717) is 17.0 Å². The van der Waals surface area contributed by atoms with Crippen LogP contribution in [0.2, 0.25) is 0 Å². The van der Waals surface area contributed by atoms with Gasteiger partial charge in [-0.25, -0.2) is 0 Å². The van der Waals surface area contributed by atoms with E-state index in [0.717, 1.165) is 38.3 Å². The minimum Gasteiger partial charge on any atom is -0.467 e. The normalized spacial score (nSPS) is 18.7. The van der Waals surface area contributed by atoms with E-state index in [2.05, 4.69) is 16.7 Å². The number of furan rings is 1. The summed E-state index contributed by atoms with van der Waals surface area (Å²) < 4.78 is 5.36. The summed E-state index contributed by atoms with van der Waals surface area (Å²) in [6.07, 6.45) is 1.55. The van der Waals surface area contributed by atoms with E-state index in [1.165, 1.54) is 4.90 Å². The number of hydrogen-bond donors (Lipinski definition) is 0. The van der Waals surface area contributed by atoms with E-state index >= 15 is 0 Å². The van der Waals surface area contributed by atoms with Gasteiger partial charge in [0.2, 0.25) is 0 Å². The summed E-state index contributed by atoms with van der Waals surface area (Å²) in [4.78, 5) is 32.1. The minimum absolute atomic E-state index is 0.152. The SMILES string of the molecule is CCN1CCN(C2=C(c3ccccc3)C(=O)N(Cc3ccco3)C2=O)CC1. The van der Waals surface area contributed by atoms with Crippen molar-refractivity contribution < 1.29 is 14.0 Å². The van der Waals surface area contributed by atoms with Gasteiger partial charge in [-0.1, -0.05) is 37.3 Å². The molecule has 2 aliphatic rings. The molecule has 6 heteroatoms. The zero-order chi connectivity index (χ0) is 18.8. The number of nitrogens with zero attached hydrogens (tertiary/aromatic N) is 3. The van der Waals surface area contributed by atoms with Crippen LogP contribution in [0.15, 0.2) is 58.8 Å². The molecule has 0 saturated carbocycles. The number of carbonyl (C=O) groups is 2. The van der Waals surface area contributed by atoms with Crippen LogP contribution in [0.1, 0.15) is 18.2 Å². The van der Waals surface area contributed by atoms with Gasteiger partial charge in [0.25, 0.3) is 11.8 Å². The number of carbonyl (C=O) groups excluding carboxylic acids is 2. The Kier molecular flexibility index (Phi) is 4.81. The molecule has 1 fully saturated rings.